The summed E-state index contributed by atoms with van der Waals surface area (Å²) in [5.41, 5.74) is 2.18. The zero-order valence-electron chi connectivity index (χ0n) is 20.2. The van der Waals surface area contributed by atoms with Crippen LogP contribution < -0.4 is 11.2 Å². The van der Waals surface area contributed by atoms with Gasteiger partial charge in [0, 0.05) is 31.4 Å². The van der Waals surface area contributed by atoms with E-state index < -0.39 is 6.10 Å². The normalized spacial score (nSPS) is 28.4. The third-order valence-corrected chi connectivity index (χ3v) is 9.18. The molecule has 0 aliphatic heterocycles. The summed E-state index contributed by atoms with van der Waals surface area (Å²) in [5, 5.41) is 11.3. The van der Waals surface area contributed by atoms with E-state index in [2.05, 4.69) is 10.8 Å². The van der Waals surface area contributed by atoms with Crippen LogP contribution in [0, 0.1) is 17.8 Å². The van der Waals surface area contributed by atoms with E-state index in [-0.39, 0.29) is 16.7 Å². The Morgan fingerprint density at radius 1 is 1.00 bits per heavy atom. The van der Waals surface area contributed by atoms with Gasteiger partial charge in [0.05, 0.1) is 12.6 Å². The fraction of sp³-hybridized carbons (Fsp3) is 0.519. The summed E-state index contributed by atoms with van der Waals surface area (Å²) in [6, 6.07) is 9.71. The Balaban J connectivity index is 1.48. The van der Waals surface area contributed by atoms with E-state index >= 15 is 0 Å². The van der Waals surface area contributed by atoms with Crippen LogP contribution in [0.25, 0.3) is 16.9 Å². The number of aliphatic hydroxyl groups excluding tert-OH is 1. The Morgan fingerprint density at radius 3 is 2.26 bits per heavy atom. The lowest BCUT2D eigenvalue weighted by molar-refractivity contribution is -0.00950. The number of aryl methyl sites for hydroxylation is 1. The van der Waals surface area contributed by atoms with Crippen molar-refractivity contribution in [1.29, 1.82) is 0 Å². The van der Waals surface area contributed by atoms with E-state index in [4.69, 9.17) is 4.98 Å². The van der Waals surface area contributed by atoms with Crippen LogP contribution in [0.2, 0.25) is 0 Å². The molecule has 4 fully saturated rings. The number of hydrogen-bond acceptors (Lipinski definition) is 4. The number of benzene rings is 1. The summed E-state index contributed by atoms with van der Waals surface area (Å²) in [4.78, 5) is 30.6. The Kier molecular flexibility index (Phi) is 4.35. The van der Waals surface area contributed by atoms with Gasteiger partial charge in [-0.3, -0.25) is 18.3 Å². The van der Waals surface area contributed by atoms with Crippen LogP contribution in [0.15, 0.2) is 46.1 Å². The summed E-state index contributed by atoms with van der Waals surface area (Å²) in [6.45, 7) is 0.356. The smallest absolute Gasteiger partial charge is 0.332 e. The van der Waals surface area contributed by atoms with Crippen LogP contribution in [0.4, 0.5) is 0 Å². The highest BCUT2D eigenvalue weighted by Crippen LogP contribution is 2.61. The van der Waals surface area contributed by atoms with E-state index in [9.17, 15) is 14.7 Å². The second-order valence-corrected chi connectivity index (χ2v) is 11.4. The van der Waals surface area contributed by atoms with Gasteiger partial charge in [-0.1, -0.05) is 30.3 Å². The zero-order valence-corrected chi connectivity index (χ0v) is 20.2. The second kappa shape index (κ2) is 7.20. The van der Waals surface area contributed by atoms with E-state index in [1.165, 1.54) is 55.8 Å². The number of aliphatic hydroxyl groups is 1. The molecule has 0 saturated heterocycles. The Labute approximate surface area is 202 Å². The molecule has 4 aromatic rings. The topological polar surface area (TPSA) is 86.5 Å². The van der Waals surface area contributed by atoms with Gasteiger partial charge >= 0.3 is 5.69 Å². The van der Waals surface area contributed by atoms with Gasteiger partial charge in [-0.25, -0.2) is 4.79 Å². The van der Waals surface area contributed by atoms with Gasteiger partial charge in [0.15, 0.2) is 11.2 Å². The molecule has 0 amide bonds. The van der Waals surface area contributed by atoms with E-state index in [0.717, 1.165) is 27.9 Å². The molecular formula is C27H31N5O3. The van der Waals surface area contributed by atoms with Crippen molar-refractivity contribution in [3.8, 4) is 0 Å². The molecule has 0 radical (unpaired) electrons. The molecule has 4 aliphatic carbocycles. The molecule has 8 heteroatoms. The van der Waals surface area contributed by atoms with Crippen molar-refractivity contribution in [3.63, 3.8) is 0 Å². The molecule has 1 unspecified atom stereocenters. The van der Waals surface area contributed by atoms with Gasteiger partial charge in [0.1, 0.15) is 0 Å². The molecule has 35 heavy (non-hydrogen) atoms. The average Bonchev–Trinajstić information content (AvgIpc) is 3.38. The first kappa shape index (κ1) is 21.2. The van der Waals surface area contributed by atoms with Gasteiger partial charge in [-0.05, 0) is 61.8 Å². The molecule has 1 N–H and O–H groups in total. The predicted molar refractivity (Wildman–Crippen MR) is 132 cm³/mol. The molecule has 1 atom stereocenters. The molecule has 1 aromatic carbocycles. The number of aromatic nitrogens is 5. The highest BCUT2D eigenvalue weighted by atomic mass is 16.3. The highest BCUT2D eigenvalue weighted by Gasteiger charge is 2.53. The van der Waals surface area contributed by atoms with E-state index in [1.54, 1.807) is 7.05 Å². The predicted octanol–water partition coefficient (Wildman–Crippen LogP) is 2.89. The molecule has 8 nitrogen and oxygen atoms in total. The molecule has 182 valence electrons. The molecule has 3 heterocycles. The Bertz CT molecular complexity index is 1550. The molecular weight excluding hydrogens is 442 g/mol. The van der Waals surface area contributed by atoms with Crippen molar-refractivity contribution in [1.82, 2.24) is 23.1 Å². The molecule has 0 spiro atoms. The Hall–Kier alpha value is -3.13. The van der Waals surface area contributed by atoms with Crippen molar-refractivity contribution >= 4 is 16.9 Å². The number of nitrogens with zero attached hydrogens (tertiary/aromatic N) is 5. The lowest BCUT2D eigenvalue weighted by atomic mass is 9.49. The van der Waals surface area contributed by atoms with Crippen molar-refractivity contribution in [2.75, 3.05) is 0 Å². The third-order valence-electron chi connectivity index (χ3n) is 9.18. The van der Waals surface area contributed by atoms with Crippen LogP contribution in [0.3, 0.4) is 0 Å². The summed E-state index contributed by atoms with van der Waals surface area (Å²) >= 11 is 0. The minimum Gasteiger partial charge on any atom is -0.387 e. The molecule has 4 aliphatic rings. The lowest BCUT2D eigenvalue weighted by Crippen LogP contribution is -2.49. The highest BCUT2D eigenvalue weighted by molar-refractivity contribution is 5.75. The largest absolute Gasteiger partial charge is 0.387 e. The maximum absolute atomic E-state index is 13.2. The van der Waals surface area contributed by atoms with Crippen LogP contribution in [0.1, 0.15) is 55.9 Å². The summed E-state index contributed by atoms with van der Waals surface area (Å²) in [5.74, 6) is 2.92. The van der Waals surface area contributed by atoms with Gasteiger partial charge in [-0.2, -0.15) is 4.98 Å². The van der Waals surface area contributed by atoms with Gasteiger partial charge in [0.2, 0.25) is 5.78 Å². The summed E-state index contributed by atoms with van der Waals surface area (Å²) in [6.07, 6.45) is 8.93. The van der Waals surface area contributed by atoms with Gasteiger partial charge in [0.25, 0.3) is 5.56 Å². The standard InChI is InChI=1S/C27H31N5O3/c1-29-23-22(24(34)30(2)26(29)35)32-15-21(27-11-16-8-17(12-27)10-18(9-16)13-27)31(25(32)28-23)14-20(33)19-6-4-3-5-7-19/h3-7,15-18,20,33H,8-14H2,1-2H3. The fourth-order valence-electron chi connectivity index (χ4n) is 8.00. The number of imidazole rings is 2. The average molecular weight is 474 g/mol. The fourth-order valence-corrected chi connectivity index (χ4v) is 8.00. The minimum atomic E-state index is -0.702. The van der Waals surface area contributed by atoms with Crippen LogP contribution in [-0.2, 0) is 26.1 Å². The minimum absolute atomic E-state index is 0.0596. The molecule has 4 saturated carbocycles. The van der Waals surface area contributed by atoms with Crippen LogP contribution >= 0.6 is 0 Å². The summed E-state index contributed by atoms with van der Waals surface area (Å²) in [7, 11) is 3.17. The van der Waals surface area contributed by atoms with Crippen molar-refractivity contribution in [2.24, 2.45) is 31.8 Å². The van der Waals surface area contributed by atoms with Crippen LogP contribution in [-0.4, -0.2) is 28.2 Å². The number of fused-ring (bicyclic) bond motifs is 3. The monoisotopic (exact) mass is 473 g/mol. The maximum Gasteiger partial charge on any atom is 0.332 e. The van der Waals surface area contributed by atoms with E-state index in [1.807, 2.05) is 34.7 Å². The maximum atomic E-state index is 13.2. The van der Waals surface area contributed by atoms with Crippen LogP contribution in [0.5, 0.6) is 0 Å². The van der Waals surface area contributed by atoms with Crippen molar-refractivity contribution < 1.29 is 5.11 Å². The van der Waals surface area contributed by atoms with Crippen molar-refractivity contribution in [2.45, 2.75) is 56.6 Å². The molecule has 8 rings (SSSR count). The Morgan fingerprint density at radius 2 is 1.63 bits per heavy atom. The zero-order chi connectivity index (χ0) is 24.1. The first-order valence-electron chi connectivity index (χ1n) is 12.8. The number of rotatable bonds is 4. The summed E-state index contributed by atoms with van der Waals surface area (Å²) < 4.78 is 6.61. The SMILES string of the molecule is Cn1c(=O)c2c(nc3n(CC(O)c4ccccc4)c(C45CC6CC(CC(C6)C4)C5)cn23)n(C)c1=O. The lowest BCUT2D eigenvalue weighted by Gasteiger charge is -2.56. The quantitative estimate of drug-likeness (QED) is 0.494. The molecule has 4 bridgehead atoms. The van der Waals surface area contributed by atoms with Gasteiger partial charge < -0.3 is 9.67 Å². The first-order chi connectivity index (χ1) is 16.8. The third kappa shape index (κ3) is 2.92. The van der Waals surface area contributed by atoms with Crippen molar-refractivity contribution in [3.05, 3.63) is 68.6 Å². The second-order valence-electron chi connectivity index (χ2n) is 11.4. The first-order valence-corrected chi connectivity index (χ1v) is 12.8. The number of hydrogen-bond donors (Lipinski definition) is 1. The molecule has 3 aromatic heterocycles. The van der Waals surface area contributed by atoms with E-state index in [0.29, 0.717) is 23.5 Å². The van der Waals surface area contributed by atoms with Gasteiger partial charge in [-0.15, -0.1) is 0 Å².